The van der Waals surface area contributed by atoms with Gasteiger partial charge in [-0.25, -0.2) is 4.79 Å². The number of nitrogens with one attached hydrogen (secondary N) is 1. The number of ether oxygens (including phenoxy) is 3. The molecule has 0 aliphatic rings. The molecular formula is C16H22ClNO4. The van der Waals surface area contributed by atoms with Crippen molar-refractivity contribution in [1.29, 1.82) is 0 Å². The molecule has 0 bridgehead atoms. The number of rotatable bonds is 9. The molecule has 0 fully saturated rings. The lowest BCUT2D eigenvalue weighted by Gasteiger charge is -2.14. The molecule has 1 N–H and O–H groups in total. The Morgan fingerprint density at radius 2 is 2.09 bits per heavy atom. The summed E-state index contributed by atoms with van der Waals surface area (Å²) in [6.07, 6.45) is 2.77. The van der Waals surface area contributed by atoms with Crippen LogP contribution in [0.15, 0.2) is 24.3 Å². The summed E-state index contributed by atoms with van der Waals surface area (Å²) < 4.78 is 15.0. The van der Waals surface area contributed by atoms with Crippen LogP contribution in [0, 0.1) is 0 Å². The van der Waals surface area contributed by atoms with Crippen LogP contribution >= 0.6 is 11.6 Å². The number of esters is 1. The van der Waals surface area contributed by atoms with E-state index < -0.39 is 0 Å². The van der Waals surface area contributed by atoms with Crippen molar-refractivity contribution in [2.45, 2.75) is 19.8 Å². The van der Waals surface area contributed by atoms with Crippen LogP contribution in [-0.4, -0.2) is 39.6 Å². The molecule has 1 aromatic rings. The molecule has 22 heavy (non-hydrogen) atoms. The van der Waals surface area contributed by atoms with Gasteiger partial charge in [-0.2, -0.15) is 0 Å². The highest BCUT2D eigenvalue weighted by molar-refractivity contribution is 6.31. The molecule has 0 saturated heterocycles. The van der Waals surface area contributed by atoms with E-state index in [1.54, 1.807) is 33.3 Å². The van der Waals surface area contributed by atoms with E-state index in [0.29, 0.717) is 24.7 Å². The van der Waals surface area contributed by atoms with Crippen LogP contribution in [0.2, 0.25) is 5.02 Å². The van der Waals surface area contributed by atoms with Crippen molar-refractivity contribution in [3.63, 3.8) is 0 Å². The van der Waals surface area contributed by atoms with Gasteiger partial charge in [-0.1, -0.05) is 23.7 Å². The summed E-state index contributed by atoms with van der Waals surface area (Å²) in [6, 6.07) is 5.61. The zero-order chi connectivity index (χ0) is 16.4. The zero-order valence-electron chi connectivity index (χ0n) is 13.1. The molecule has 0 saturated carbocycles. The van der Waals surface area contributed by atoms with Gasteiger partial charge in [0, 0.05) is 38.4 Å². The Bertz CT molecular complexity index is 501. The number of hydrogen-bond donors (Lipinski definition) is 1. The second-order valence-corrected chi connectivity index (χ2v) is 4.88. The number of benzene rings is 1. The number of carbonyl (C=O) groups excluding carboxylic acids is 1. The molecule has 1 rings (SSSR count). The van der Waals surface area contributed by atoms with E-state index in [9.17, 15) is 4.79 Å². The first-order valence-electron chi connectivity index (χ1n) is 7.00. The highest BCUT2D eigenvalue weighted by atomic mass is 35.5. The third kappa shape index (κ3) is 6.58. The Balaban J connectivity index is 2.56. The average Bonchev–Trinajstić information content (AvgIpc) is 2.51. The fourth-order valence-electron chi connectivity index (χ4n) is 1.75. The minimum atomic E-state index is -0.366. The molecule has 0 aromatic heterocycles. The summed E-state index contributed by atoms with van der Waals surface area (Å²) >= 11 is 6.24. The van der Waals surface area contributed by atoms with E-state index in [2.05, 4.69) is 5.32 Å². The Morgan fingerprint density at radius 1 is 1.36 bits per heavy atom. The van der Waals surface area contributed by atoms with E-state index >= 15 is 0 Å². The molecule has 0 amide bonds. The van der Waals surface area contributed by atoms with Crippen molar-refractivity contribution in [2.75, 3.05) is 27.4 Å². The van der Waals surface area contributed by atoms with Crippen molar-refractivity contribution in [3.8, 4) is 0 Å². The van der Waals surface area contributed by atoms with Gasteiger partial charge >= 0.3 is 5.97 Å². The van der Waals surface area contributed by atoms with Gasteiger partial charge in [0.25, 0.3) is 0 Å². The highest BCUT2D eigenvalue weighted by Crippen LogP contribution is 2.18. The minimum Gasteiger partial charge on any atom is -0.463 e. The van der Waals surface area contributed by atoms with Crippen LogP contribution < -0.4 is 5.32 Å². The molecule has 0 aliphatic carbocycles. The number of hydrogen-bond acceptors (Lipinski definition) is 5. The summed E-state index contributed by atoms with van der Waals surface area (Å²) in [7, 11) is 3.18. The standard InChI is InChI=1S/C16H22ClNO4/c1-4-22-15(19)8-6-12-5-7-13(14(17)9-12)10-18-11-16(20-2)21-3/h5-9,16,18H,4,10-11H2,1-3H3/b8-6+. The van der Waals surface area contributed by atoms with Gasteiger partial charge < -0.3 is 19.5 Å². The first kappa shape index (κ1) is 18.6. The molecule has 122 valence electrons. The van der Waals surface area contributed by atoms with E-state index in [0.717, 1.165) is 11.1 Å². The molecule has 0 aliphatic heterocycles. The molecular weight excluding hydrogens is 306 g/mol. The summed E-state index contributed by atoms with van der Waals surface area (Å²) in [5.41, 5.74) is 1.80. The molecule has 1 aromatic carbocycles. The lowest BCUT2D eigenvalue weighted by atomic mass is 10.1. The quantitative estimate of drug-likeness (QED) is 0.429. The normalized spacial score (nSPS) is 11.3. The third-order valence-electron chi connectivity index (χ3n) is 2.93. The van der Waals surface area contributed by atoms with Gasteiger partial charge in [0.1, 0.15) is 0 Å². The maximum absolute atomic E-state index is 11.3. The SMILES string of the molecule is CCOC(=O)/C=C/c1ccc(CNCC(OC)OC)c(Cl)c1. The second-order valence-electron chi connectivity index (χ2n) is 4.47. The molecule has 0 spiro atoms. The maximum Gasteiger partial charge on any atom is 0.330 e. The highest BCUT2D eigenvalue weighted by Gasteiger charge is 2.06. The lowest BCUT2D eigenvalue weighted by molar-refractivity contribution is -0.137. The monoisotopic (exact) mass is 327 g/mol. The fourth-order valence-corrected chi connectivity index (χ4v) is 2.01. The van der Waals surface area contributed by atoms with Crippen LogP contribution in [-0.2, 0) is 25.5 Å². The smallest absolute Gasteiger partial charge is 0.330 e. The van der Waals surface area contributed by atoms with E-state index in [4.69, 9.17) is 25.8 Å². The van der Waals surface area contributed by atoms with Crippen LogP contribution in [0.4, 0.5) is 0 Å². The Labute approximate surface area is 136 Å². The Kier molecular flexibility index (Phi) is 8.77. The van der Waals surface area contributed by atoms with Crippen molar-refractivity contribution in [3.05, 3.63) is 40.4 Å². The Morgan fingerprint density at radius 3 is 2.68 bits per heavy atom. The van der Waals surface area contributed by atoms with Crippen molar-refractivity contribution < 1.29 is 19.0 Å². The van der Waals surface area contributed by atoms with E-state index in [1.165, 1.54) is 6.08 Å². The summed E-state index contributed by atoms with van der Waals surface area (Å²) in [6.45, 7) is 3.29. The van der Waals surface area contributed by atoms with Gasteiger partial charge in [0.2, 0.25) is 0 Å². The van der Waals surface area contributed by atoms with Gasteiger partial charge in [-0.3, -0.25) is 0 Å². The van der Waals surface area contributed by atoms with Crippen molar-refractivity contribution in [2.24, 2.45) is 0 Å². The number of methoxy groups -OCH3 is 2. The molecule has 0 heterocycles. The van der Waals surface area contributed by atoms with Gasteiger partial charge in [-0.05, 0) is 30.2 Å². The topological polar surface area (TPSA) is 56.8 Å². The Hall–Kier alpha value is -1.40. The predicted octanol–water partition coefficient (Wildman–Crippen LogP) is 2.62. The number of carbonyl (C=O) groups is 1. The average molecular weight is 328 g/mol. The second kappa shape index (κ2) is 10.3. The first-order valence-corrected chi connectivity index (χ1v) is 7.38. The molecule has 6 heteroatoms. The summed E-state index contributed by atoms with van der Waals surface area (Å²) in [5.74, 6) is -0.366. The van der Waals surface area contributed by atoms with Gasteiger partial charge in [-0.15, -0.1) is 0 Å². The predicted molar refractivity (Wildman–Crippen MR) is 86.6 cm³/mol. The van der Waals surface area contributed by atoms with Crippen molar-refractivity contribution >= 4 is 23.6 Å². The first-order chi connectivity index (χ1) is 10.6. The lowest BCUT2D eigenvalue weighted by Crippen LogP contribution is -2.29. The van der Waals surface area contributed by atoms with Crippen LogP contribution in [0.25, 0.3) is 6.08 Å². The van der Waals surface area contributed by atoms with Gasteiger partial charge in [0.05, 0.1) is 6.61 Å². The van der Waals surface area contributed by atoms with Crippen molar-refractivity contribution in [1.82, 2.24) is 5.32 Å². The molecule has 0 atom stereocenters. The van der Waals surface area contributed by atoms with E-state index in [-0.39, 0.29) is 12.3 Å². The third-order valence-corrected chi connectivity index (χ3v) is 3.28. The minimum absolute atomic E-state index is 0.287. The summed E-state index contributed by atoms with van der Waals surface area (Å²) in [4.78, 5) is 11.3. The van der Waals surface area contributed by atoms with Crippen LogP contribution in [0.1, 0.15) is 18.1 Å². The number of halogens is 1. The molecule has 0 unspecified atom stereocenters. The molecule has 5 nitrogen and oxygen atoms in total. The maximum atomic E-state index is 11.3. The van der Waals surface area contributed by atoms with Crippen LogP contribution in [0.3, 0.4) is 0 Å². The summed E-state index contributed by atoms with van der Waals surface area (Å²) in [5, 5.41) is 3.83. The van der Waals surface area contributed by atoms with Gasteiger partial charge in [0.15, 0.2) is 6.29 Å². The zero-order valence-corrected chi connectivity index (χ0v) is 13.9. The van der Waals surface area contributed by atoms with Crippen LogP contribution in [0.5, 0.6) is 0 Å². The van der Waals surface area contributed by atoms with E-state index in [1.807, 2.05) is 12.1 Å². The fraction of sp³-hybridized carbons (Fsp3) is 0.438. The largest absolute Gasteiger partial charge is 0.463 e. The molecule has 0 radical (unpaired) electrons.